The smallest absolute Gasteiger partial charge is 0.203 e. The van der Waals surface area contributed by atoms with Crippen LogP contribution < -0.4 is 5.32 Å². The van der Waals surface area contributed by atoms with Crippen LogP contribution in [0, 0.1) is 3.70 Å². The first-order valence-electron chi connectivity index (χ1n) is 4.72. The molecule has 3 nitrogen and oxygen atoms in total. The Hall–Kier alpha value is -1.04. The van der Waals surface area contributed by atoms with Gasteiger partial charge in [-0.05, 0) is 28.2 Å². The Bertz CT molecular complexity index is 436. The molecule has 15 heavy (non-hydrogen) atoms. The monoisotopic (exact) mass is 313 g/mol. The molecule has 0 saturated carbocycles. The fraction of sp³-hybridized carbons (Fsp3) is 0.182. The maximum atomic E-state index is 4.27. The average Bonchev–Trinajstić information content (AvgIpc) is 2.59. The fourth-order valence-corrected chi connectivity index (χ4v) is 1.70. The lowest BCUT2D eigenvalue weighted by atomic mass is 10.2. The van der Waals surface area contributed by atoms with E-state index in [2.05, 4.69) is 45.0 Å². The van der Waals surface area contributed by atoms with Crippen molar-refractivity contribution >= 4 is 28.5 Å². The number of halogens is 1. The summed E-state index contributed by atoms with van der Waals surface area (Å²) in [5, 5.41) is 3.30. The van der Waals surface area contributed by atoms with Crippen LogP contribution in [0.25, 0.3) is 0 Å². The summed E-state index contributed by atoms with van der Waals surface area (Å²) >= 11 is 2.26. The summed E-state index contributed by atoms with van der Waals surface area (Å²) in [4.78, 5) is 4.27. The van der Waals surface area contributed by atoms with Crippen LogP contribution >= 0.6 is 22.6 Å². The number of aromatic nitrogens is 2. The normalized spacial score (nSPS) is 10.3. The van der Waals surface area contributed by atoms with Crippen LogP contribution in [-0.4, -0.2) is 9.55 Å². The maximum absolute atomic E-state index is 4.27. The van der Waals surface area contributed by atoms with Gasteiger partial charge >= 0.3 is 0 Å². The predicted octanol–water partition coefficient (Wildman–Crippen LogP) is 2.64. The minimum atomic E-state index is 0.807. The van der Waals surface area contributed by atoms with Gasteiger partial charge in [-0.15, -0.1) is 0 Å². The number of anilines is 1. The van der Waals surface area contributed by atoms with E-state index in [0.717, 1.165) is 16.2 Å². The number of benzene rings is 1. The molecule has 0 spiro atoms. The highest BCUT2D eigenvalue weighted by Gasteiger charge is 2.02. The third-order valence-electron chi connectivity index (χ3n) is 2.22. The molecule has 0 aliphatic rings. The second-order valence-corrected chi connectivity index (χ2v) is 4.41. The predicted molar refractivity (Wildman–Crippen MR) is 69.7 cm³/mol. The summed E-state index contributed by atoms with van der Waals surface area (Å²) in [5.74, 6) is 0.906. The van der Waals surface area contributed by atoms with Crippen molar-refractivity contribution in [2.75, 3.05) is 5.32 Å². The van der Waals surface area contributed by atoms with Crippen LogP contribution in [0.3, 0.4) is 0 Å². The Kier molecular flexibility index (Phi) is 3.25. The molecule has 0 amide bonds. The molecule has 1 aromatic carbocycles. The molecule has 0 atom stereocenters. The minimum Gasteiger partial charge on any atom is -0.352 e. The molecule has 1 heterocycles. The zero-order chi connectivity index (χ0) is 10.7. The molecule has 0 bridgehead atoms. The van der Waals surface area contributed by atoms with Crippen LogP contribution in [0.4, 0.5) is 5.95 Å². The maximum Gasteiger partial charge on any atom is 0.203 e. The zero-order valence-corrected chi connectivity index (χ0v) is 10.6. The molecule has 0 saturated heterocycles. The van der Waals surface area contributed by atoms with Crippen molar-refractivity contribution in [3.05, 3.63) is 45.8 Å². The van der Waals surface area contributed by atoms with E-state index in [-0.39, 0.29) is 0 Å². The molecule has 1 N–H and O–H groups in total. The Morgan fingerprint density at radius 2 is 2.07 bits per heavy atom. The Labute approximate surface area is 103 Å². The van der Waals surface area contributed by atoms with Gasteiger partial charge in [-0.1, -0.05) is 30.3 Å². The van der Waals surface area contributed by atoms with Gasteiger partial charge in [0.05, 0.1) is 6.20 Å². The second-order valence-electron chi connectivity index (χ2n) is 3.30. The van der Waals surface area contributed by atoms with Crippen molar-refractivity contribution in [1.29, 1.82) is 0 Å². The van der Waals surface area contributed by atoms with Gasteiger partial charge in [0.1, 0.15) is 3.70 Å². The molecule has 78 valence electrons. The molecule has 0 aliphatic heterocycles. The Balaban J connectivity index is 2.02. The fourth-order valence-electron chi connectivity index (χ4n) is 1.33. The summed E-state index contributed by atoms with van der Waals surface area (Å²) in [7, 11) is 2.00. The SMILES string of the molecule is Cn1c(I)cnc1NCc1ccccc1. The van der Waals surface area contributed by atoms with Gasteiger partial charge in [-0.25, -0.2) is 4.98 Å². The van der Waals surface area contributed by atoms with Gasteiger partial charge in [0.25, 0.3) is 0 Å². The molecular weight excluding hydrogens is 301 g/mol. The van der Waals surface area contributed by atoms with E-state index < -0.39 is 0 Å². The van der Waals surface area contributed by atoms with Crippen LogP contribution in [0.1, 0.15) is 5.56 Å². The van der Waals surface area contributed by atoms with Gasteiger partial charge < -0.3 is 9.88 Å². The van der Waals surface area contributed by atoms with Gasteiger partial charge in [-0.2, -0.15) is 0 Å². The number of hydrogen-bond acceptors (Lipinski definition) is 2. The average molecular weight is 313 g/mol. The van der Waals surface area contributed by atoms with Crippen LogP contribution in [0.5, 0.6) is 0 Å². The molecule has 2 aromatic rings. The highest BCUT2D eigenvalue weighted by Crippen LogP contribution is 2.11. The molecule has 0 radical (unpaired) electrons. The lowest BCUT2D eigenvalue weighted by Gasteiger charge is -2.06. The van der Waals surface area contributed by atoms with Crippen LogP contribution in [0.2, 0.25) is 0 Å². The first-order chi connectivity index (χ1) is 7.27. The quantitative estimate of drug-likeness (QED) is 0.883. The number of nitrogens with zero attached hydrogens (tertiary/aromatic N) is 2. The van der Waals surface area contributed by atoms with Crippen molar-refractivity contribution in [2.24, 2.45) is 7.05 Å². The third-order valence-corrected chi connectivity index (χ3v) is 3.23. The molecule has 4 heteroatoms. The van der Waals surface area contributed by atoms with Gasteiger partial charge in [0.15, 0.2) is 0 Å². The summed E-state index contributed by atoms with van der Waals surface area (Å²) in [6, 6.07) is 10.3. The molecule has 0 unspecified atom stereocenters. The van der Waals surface area contributed by atoms with Crippen molar-refractivity contribution in [3.63, 3.8) is 0 Å². The summed E-state index contributed by atoms with van der Waals surface area (Å²) in [6.45, 7) is 0.807. The number of hydrogen-bond donors (Lipinski definition) is 1. The third kappa shape index (κ3) is 2.50. The van der Waals surface area contributed by atoms with E-state index in [4.69, 9.17) is 0 Å². The lowest BCUT2D eigenvalue weighted by molar-refractivity contribution is 0.879. The summed E-state index contributed by atoms with van der Waals surface area (Å²) in [6.07, 6.45) is 1.86. The highest BCUT2D eigenvalue weighted by atomic mass is 127. The molecule has 2 rings (SSSR count). The minimum absolute atomic E-state index is 0.807. The van der Waals surface area contributed by atoms with Crippen molar-refractivity contribution in [3.8, 4) is 0 Å². The second kappa shape index (κ2) is 4.65. The Morgan fingerprint density at radius 3 is 2.67 bits per heavy atom. The highest BCUT2D eigenvalue weighted by molar-refractivity contribution is 14.1. The van der Waals surface area contributed by atoms with E-state index in [1.54, 1.807) is 0 Å². The molecule has 0 fully saturated rings. The van der Waals surface area contributed by atoms with Gasteiger partial charge in [0, 0.05) is 13.6 Å². The number of rotatable bonds is 3. The van der Waals surface area contributed by atoms with Crippen molar-refractivity contribution < 1.29 is 0 Å². The van der Waals surface area contributed by atoms with E-state index >= 15 is 0 Å². The molecule has 1 aromatic heterocycles. The van der Waals surface area contributed by atoms with E-state index in [1.165, 1.54) is 5.56 Å². The number of imidazole rings is 1. The number of nitrogens with one attached hydrogen (secondary N) is 1. The molecular formula is C11H12IN3. The topological polar surface area (TPSA) is 29.9 Å². The van der Waals surface area contributed by atoms with Gasteiger partial charge in [-0.3, -0.25) is 0 Å². The standard InChI is InChI=1S/C11H12IN3/c1-15-10(12)8-14-11(15)13-7-9-5-3-2-4-6-9/h2-6,8H,7H2,1H3,(H,13,14). The van der Waals surface area contributed by atoms with E-state index in [9.17, 15) is 0 Å². The first-order valence-corrected chi connectivity index (χ1v) is 5.80. The summed E-state index contributed by atoms with van der Waals surface area (Å²) < 4.78 is 3.16. The molecule has 0 aliphatic carbocycles. The first kappa shape index (κ1) is 10.5. The summed E-state index contributed by atoms with van der Waals surface area (Å²) in [5.41, 5.74) is 1.26. The van der Waals surface area contributed by atoms with E-state index in [1.807, 2.05) is 36.0 Å². The van der Waals surface area contributed by atoms with Crippen LogP contribution in [-0.2, 0) is 13.6 Å². The Morgan fingerprint density at radius 1 is 1.33 bits per heavy atom. The van der Waals surface area contributed by atoms with Crippen molar-refractivity contribution in [2.45, 2.75) is 6.54 Å². The van der Waals surface area contributed by atoms with Crippen molar-refractivity contribution in [1.82, 2.24) is 9.55 Å². The lowest BCUT2D eigenvalue weighted by Crippen LogP contribution is -2.05. The van der Waals surface area contributed by atoms with Crippen LogP contribution in [0.15, 0.2) is 36.5 Å². The zero-order valence-electron chi connectivity index (χ0n) is 8.44. The largest absolute Gasteiger partial charge is 0.352 e. The van der Waals surface area contributed by atoms with E-state index in [0.29, 0.717) is 0 Å². The van der Waals surface area contributed by atoms with Gasteiger partial charge in [0.2, 0.25) is 5.95 Å².